The molecule has 2 aromatic rings. The molecule has 0 bridgehead atoms. The molecule has 3 atom stereocenters. The molecule has 1 aliphatic carbocycles. The molecule has 1 aromatic carbocycles. The summed E-state index contributed by atoms with van der Waals surface area (Å²) >= 11 is 0. The van der Waals surface area contributed by atoms with Gasteiger partial charge in [-0.1, -0.05) is 42.5 Å². The summed E-state index contributed by atoms with van der Waals surface area (Å²) in [7, 11) is 0. The Balaban J connectivity index is 1.36. The molecule has 2 unspecified atom stereocenters. The molecule has 7 nitrogen and oxygen atoms in total. The van der Waals surface area contributed by atoms with Crippen LogP contribution in [0.2, 0.25) is 0 Å². The van der Waals surface area contributed by atoms with Crippen molar-refractivity contribution in [2.24, 2.45) is 0 Å². The van der Waals surface area contributed by atoms with Crippen molar-refractivity contribution in [2.45, 2.75) is 44.3 Å². The van der Waals surface area contributed by atoms with Crippen LogP contribution in [0.1, 0.15) is 42.6 Å². The van der Waals surface area contributed by atoms with Crippen LogP contribution in [0.5, 0.6) is 0 Å². The Morgan fingerprint density at radius 2 is 1.97 bits per heavy atom. The molecule has 1 aliphatic heterocycles. The third-order valence-electron chi connectivity index (χ3n) is 5.70. The Hall–Kier alpha value is -3.19. The molecule has 156 valence electrons. The second kappa shape index (κ2) is 8.67. The zero-order valence-electron chi connectivity index (χ0n) is 17.0. The van der Waals surface area contributed by atoms with Crippen molar-refractivity contribution in [2.75, 3.05) is 12.3 Å². The minimum Gasteiger partial charge on any atom is -0.384 e. The van der Waals surface area contributed by atoms with E-state index in [2.05, 4.69) is 20.9 Å². The van der Waals surface area contributed by atoms with Gasteiger partial charge in [0.05, 0.1) is 6.04 Å². The van der Waals surface area contributed by atoms with Gasteiger partial charge in [-0.25, -0.2) is 4.98 Å². The molecule has 4 rings (SSSR count). The average molecular weight is 406 g/mol. The molecular formula is C23H27N5O2. The van der Waals surface area contributed by atoms with Gasteiger partial charge in [0.25, 0.3) is 0 Å². The number of nitrogens with one attached hydrogen (secondary N) is 3. The Labute approximate surface area is 176 Å². The summed E-state index contributed by atoms with van der Waals surface area (Å²) < 4.78 is 0. The van der Waals surface area contributed by atoms with Crippen LogP contribution in [0.15, 0.2) is 48.5 Å². The molecule has 7 heteroatoms. The number of rotatable bonds is 5. The molecule has 0 saturated heterocycles. The fourth-order valence-electron chi connectivity index (χ4n) is 4.07. The maximum Gasteiger partial charge on any atom is 0.242 e. The van der Waals surface area contributed by atoms with Gasteiger partial charge >= 0.3 is 0 Å². The molecule has 0 saturated carbocycles. The Kier molecular flexibility index (Phi) is 5.81. The highest BCUT2D eigenvalue weighted by molar-refractivity contribution is 5.92. The zero-order valence-corrected chi connectivity index (χ0v) is 17.0. The van der Waals surface area contributed by atoms with E-state index in [0.29, 0.717) is 12.4 Å². The number of hydrogen-bond donors (Lipinski definition) is 4. The van der Waals surface area contributed by atoms with E-state index in [4.69, 9.17) is 5.73 Å². The van der Waals surface area contributed by atoms with Gasteiger partial charge in [0.1, 0.15) is 17.9 Å². The number of carbonyl (C=O) groups is 2. The third kappa shape index (κ3) is 4.36. The Morgan fingerprint density at radius 3 is 2.77 bits per heavy atom. The van der Waals surface area contributed by atoms with Crippen LogP contribution < -0.4 is 21.7 Å². The van der Waals surface area contributed by atoms with Gasteiger partial charge < -0.3 is 21.7 Å². The lowest BCUT2D eigenvalue weighted by Gasteiger charge is -2.24. The Bertz CT molecular complexity index is 973. The quantitative estimate of drug-likeness (QED) is 0.606. The van der Waals surface area contributed by atoms with E-state index in [0.717, 1.165) is 41.7 Å². The van der Waals surface area contributed by atoms with Gasteiger partial charge in [-0.3, -0.25) is 9.59 Å². The van der Waals surface area contributed by atoms with E-state index in [-0.39, 0.29) is 17.9 Å². The number of amides is 2. The minimum absolute atomic E-state index is 0.0997. The van der Waals surface area contributed by atoms with Crippen LogP contribution in [-0.4, -0.2) is 35.4 Å². The summed E-state index contributed by atoms with van der Waals surface area (Å²) in [4.78, 5) is 29.8. The minimum atomic E-state index is -0.638. The second-order valence-electron chi connectivity index (χ2n) is 7.84. The second-order valence-corrected chi connectivity index (χ2v) is 7.84. The first-order chi connectivity index (χ1) is 14.5. The number of fused-ring (bicyclic) bond motifs is 1. The predicted molar refractivity (Wildman–Crippen MR) is 116 cm³/mol. The molecule has 2 amide bonds. The van der Waals surface area contributed by atoms with Crippen LogP contribution in [0.3, 0.4) is 0 Å². The molecule has 30 heavy (non-hydrogen) atoms. The van der Waals surface area contributed by atoms with Crippen LogP contribution >= 0.6 is 0 Å². The summed E-state index contributed by atoms with van der Waals surface area (Å²) in [5.74, 6) is 0.0809. The number of hydrogen-bond acceptors (Lipinski definition) is 5. The lowest BCUT2D eigenvalue weighted by atomic mass is 9.97. The number of carbonyl (C=O) groups excluding carboxylic acids is 2. The van der Waals surface area contributed by atoms with E-state index in [1.807, 2.05) is 42.5 Å². The highest BCUT2D eigenvalue weighted by Gasteiger charge is 2.28. The van der Waals surface area contributed by atoms with Crippen molar-refractivity contribution in [3.63, 3.8) is 0 Å². The van der Waals surface area contributed by atoms with Gasteiger partial charge in [-0.2, -0.15) is 0 Å². The van der Waals surface area contributed by atoms with Gasteiger partial charge in [0.15, 0.2) is 0 Å². The number of aromatic nitrogens is 1. The fourth-order valence-corrected chi connectivity index (χ4v) is 4.07. The lowest BCUT2D eigenvalue weighted by Crippen LogP contribution is -2.52. The SMILES string of the molecule is C[C@H](NC(=O)C1C=C(c2ccccc2)CCN1)C(=O)NC1CCc2nc(N)ccc21. The van der Waals surface area contributed by atoms with Crippen LogP contribution in [0, 0.1) is 0 Å². The summed E-state index contributed by atoms with van der Waals surface area (Å²) in [6.45, 7) is 2.42. The number of nitrogens with zero attached hydrogens (tertiary/aromatic N) is 1. The predicted octanol–water partition coefficient (Wildman–Crippen LogP) is 1.72. The van der Waals surface area contributed by atoms with Gasteiger partial charge in [0, 0.05) is 12.2 Å². The smallest absolute Gasteiger partial charge is 0.242 e. The topological polar surface area (TPSA) is 109 Å². The van der Waals surface area contributed by atoms with Crippen molar-refractivity contribution in [3.8, 4) is 0 Å². The number of anilines is 1. The van der Waals surface area contributed by atoms with E-state index >= 15 is 0 Å². The largest absolute Gasteiger partial charge is 0.384 e. The van der Waals surface area contributed by atoms with Crippen molar-refractivity contribution >= 4 is 23.2 Å². The summed E-state index contributed by atoms with van der Waals surface area (Å²) in [5.41, 5.74) is 9.94. The maximum atomic E-state index is 12.7. The number of pyridine rings is 1. The van der Waals surface area contributed by atoms with Crippen molar-refractivity contribution in [1.82, 2.24) is 20.9 Å². The molecule has 1 aromatic heterocycles. The van der Waals surface area contributed by atoms with E-state index in [9.17, 15) is 9.59 Å². The molecule has 0 spiro atoms. The lowest BCUT2D eigenvalue weighted by molar-refractivity contribution is -0.129. The highest BCUT2D eigenvalue weighted by atomic mass is 16.2. The normalized spacial score (nSPS) is 21.3. The van der Waals surface area contributed by atoms with Gasteiger partial charge in [0.2, 0.25) is 11.8 Å². The van der Waals surface area contributed by atoms with E-state index < -0.39 is 12.1 Å². The molecule has 2 aliphatic rings. The van der Waals surface area contributed by atoms with Crippen LogP contribution in [0.4, 0.5) is 5.82 Å². The summed E-state index contributed by atoms with van der Waals surface area (Å²) in [6.07, 6.45) is 4.38. The first-order valence-electron chi connectivity index (χ1n) is 10.4. The molecule has 2 heterocycles. The molecular weight excluding hydrogens is 378 g/mol. The first-order valence-corrected chi connectivity index (χ1v) is 10.4. The van der Waals surface area contributed by atoms with Crippen LogP contribution in [0.25, 0.3) is 5.57 Å². The van der Waals surface area contributed by atoms with Crippen LogP contribution in [-0.2, 0) is 16.0 Å². The van der Waals surface area contributed by atoms with Gasteiger partial charge in [-0.05, 0) is 49.0 Å². The van der Waals surface area contributed by atoms with Crippen molar-refractivity contribution in [1.29, 1.82) is 0 Å². The van der Waals surface area contributed by atoms with Gasteiger partial charge in [-0.15, -0.1) is 0 Å². The molecule has 5 N–H and O–H groups in total. The Morgan fingerprint density at radius 1 is 1.17 bits per heavy atom. The fraction of sp³-hybridized carbons (Fsp3) is 0.348. The van der Waals surface area contributed by atoms with Crippen molar-refractivity contribution < 1.29 is 9.59 Å². The molecule has 0 radical (unpaired) electrons. The number of aryl methyl sites for hydroxylation is 1. The monoisotopic (exact) mass is 405 g/mol. The summed E-state index contributed by atoms with van der Waals surface area (Å²) in [6, 6.07) is 12.5. The number of nitrogen functional groups attached to an aromatic ring is 1. The maximum absolute atomic E-state index is 12.7. The highest BCUT2D eigenvalue weighted by Crippen LogP contribution is 2.30. The number of nitrogens with two attached hydrogens (primary N) is 1. The summed E-state index contributed by atoms with van der Waals surface area (Å²) in [5, 5.41) is 9.08. The first kappa shape index (κ1) is 20.1. The third-order valence-corrected chi connectivity index (χ3v) is 5.70. The van der Waals surface area contributed by atoms with E-state index in [1.54, 1.807) is 13.0 Å². The number of benzene rings is 1. The average Bonchev–Trinajstić information content (AvgIpc) is 3.16. The zero-order chi connectivity index (χ0) is 21.1. The van der Waals surface area contributed by atoms with E-state index in [1.165, 1.54) is 0 Å². The standard InChI is InChI=1S/C23H27N5O2/c1-14(22(29)28-19-9-8-18-17(19)7-10-21(24)27-18)26-23(30)20-13-16(11-12-25-20)15-5-3-2-4-6-15/h2-7,10,13-14,19-20,25H,8-9,11-12H2,1H3,(H2,24,27)(H,26,30)(H,28,29)/t14-,19?,20?/m0/s1. The van der Waals surface area contributed by atoms with Crippen molar-refractivity contribution in [3.05, 3.63) is 65.4 Å². The molecule has 0 fully saturated rings.